The van der Waals surface area contributed by atoms with Gasteiger partial charge in [-0.1, -0.05) is 23.8 Å². The average molecular weight is 371 g/mol. The number of hydrogen-bond donors (Lipinski definition) is 1. The van der Waals surface area contributed by atoms with Crippen LogP contribution in [0, 0.1) is 6.92 Å². The van der Waals surface area contributed by atoms with Crippen molar-refractivity contribution in [3.63, 3.8) is 0 Å². The van der Waals surface area contributed by atoms with E-state index in [1.165, 1.54) is 23.9 Å². The molecule has 8 nitrogen and oxygen atoms in total. The summed E-state index contributed by atoms with van der Waals surface area (Å²) < 4.78 is 6.05. The molecular formula is C19H21N3O5. The van der Waals surface area contributed by atoms with Crippen LogP contribution in [0.25, 0.3) is 0 Å². The zero-order chi connectivity index (χ0) is 19.8. The number of anilines is 1. The first kappa shape index (κ1) is 19.9. The minimum Gasteiger partial charge on any atom is -0.454 e. The Bertz CT molecular complexity index is 873. The number of likely N-dealkylation sites (N-methyl/N-ethyl adjacent to an activating group) is 1. The van der Waals surface area contributed by atoms with Gasteiger partial charge in [0.15, 0.2) is 6.61 Å². The first-order chi connectivity index (χ1) is 12.8. The molecule has 0 spiro atoms. The Morgan fingerprint density at radius 2 is 1.81 bits per heavy atom. The average Bonchev–Trinajstić information content (AvgIpc) is 2.63. The van der Waals surface area contributed by atoms with Crippen LogP contribution in [0.3, 0.4) is 0 Å². The highest BCUT2D eigenvalue weighted by molar-refractivity contribution is 5.94. The molecule has 2 aromatic rings. The molecule has 0 unspecified atom stereocenters. The Morgan fingerprint density at radius 3 is 2.48 bits per heavy atom. The third-order valence-electron chi connectivity index (χ3n) is 3.70. The third kappa shape index (κ3) is 6.43. The van der Waals surface area contributed by atoms with E-state index >= 15 is 0 Å². The minimum atomic E-state index is -0.714. The maximum Gasteiger partial charge on any atom is 0.326 e. The first-order valence-corrected chi connectivity index (χ1v) is 8.27. The number of rotatable bonds is 7. The SMILES string of the molecule is Cc1ccc(NC(=O)CN(C)C(=O)COC(=O)Cn2ccccc2=O)cc1. The molecule has 0 aliphatic rings. The largest absolute Gasteiger partial charge is 0.454 e. The summed E-state index contributed by atoms with van der Waals surface area (Å²) in [6, 6.07) is 11.7. The summed E-state index contributed by atoms with van der Waals surface area (Å²) in [7, 11) is 1.44. The number of carbonyl (C=O) groups excluding carboxylic acids is 3. The predicted octanol–water partition coefficient (Wildman–Crippen LogP) is 0.797. The molecule has 2 rings (SSSR count). The van der Waals surface area contributed by atoms with Crippen molar-refractivity contribution in [1.82, 2.24) is 9.47 Å². The molecule has 0 fully saturated rings. The molecule has 0 atom stereocenters. The number of benzene rings is 1. The Labute approximate surface area is 156 Å². The lowest BCUT2D eigenvalue weighted by atomic mass is 10.2. The fourth-order valence-electron chi connectivity index (χ4n) is 2.17. The Morgan fingerprint density at radius 1 is 1.11 bits per heavy atom. The molecule has 0 saturated heterocycles. The molecule has 0 aliphatic heterocycles. The molecule has 0 aliphatic carbocycles. The van der Waals surface area contributed by atoms with E-state index in [0.29, 0.717) is 5.69 Å². The molecule has 142 valence electrons. The van der Waals surface area contributed by atoms with Gasteiger partial charge in [0.2, 0.25) is 5.91 Å². The molecule has 8 heteroatoms. The van der Waals surface area contributed by atoms with Gasteiger partial charge in [-0.05, 0) is 25.1 Å². The summed E-state index contributed by atoms with van der Waals surface area (Å²) in [5, 5.41) is 2.68. The van der Waals surface area contributed by atoms with Crippen LogP contribution in [0.15, 0.2) is 53.5 Å². The van der Waals surface area contributed by atoms with Crippen LogP contribution in [0.1, 0.15) is 5.56 Å². The fraction of sp³-hybridized carbons (Fsp3) is 0.263. The molecule has 0 radical (unpaired) electrons. The highest BCUT2D eigenvalue weighted by Crippen LogP contribution is 2.08. The van der Waals surface area contributed by atoms with Gasteiger partial charge in [-0.15, -0.1) is 0 Å². The van der Waals surface area contributed by atoms with E-state index in [0.717, 1.165) is 10.5 Å². The summed E-state index contributed by atoms with van der Waals surface area (Å²) in [4.78, 5) is 48.4. The second kappa shape index (κ2) is 9.33. The zero-order valence-electron chi connectivity index (χ0n) is 15.2. The van der Waals surface area contributed by atoms with Crippen LogP contribution < -0.4 is 10.9 Å². The van der Waals surface area contributed by atoms with Gasteiger partial charge in [-0.3, -0.25) is 19.2 Å². The lowest BCUT2D eigenvalue weighted by Gasteiger charge is -2.17. The molecule has 0 saturated carbocycles. The van der Waals surface area contributed by atoms with E-state index in [-0.39, 0.29) is 24.6 Å². The van der Waals surface area contributed by atoms with Crippen molar-refractivity contribution in [2.75, 3.05) is 25.5 Å². The quantitative estimate of drug-likeness (QED) is 0.726. The molecule has 1 aromatic heterocycles. The van der Waals surface area contributed by atoms with Crippen molar-refractivity contribution in [1.29, 1.82) is 0 Å². The summed E-state index contributed by atoms with van der Waals surface area (Å²) in [6.07, 6.45) is 1.45. The van der Waals surface area contributed by atoms with Crippen LogP contribution >= 0.6 is 0 Å². The Hall–Kier alpha value is -3.42. The number of nitrogens with zero attached hydrogens (tertiary/aromatic N) is 2. The number of aryl methyl sites for hydroxylation is 1. The van der Waals surface area contributed by atoms with Crippen molar-refractivity contribution in [2.45, 2.75) is 13.5 Å². The van der Waals surface area contributed by atoms with E-state index < -0.39 is 18.5 Å². The van der Waals surface area contributed by atoms with Crippen molar-refractivity contribution in [3.05, 3.63) is 64.6 Å². The van der Waals surface area contributed by atoms with Crippen LogP contribution in [-0.4, -0.2) is 47.4 Å². The number of aromatic nitrogens is 1. The van der Waals surface area contributed by atoms with Crippen LogP contribution in [-0.2, 0) is 25.7 Å². The van der Waals surface area contributed by atoms with Crippen LogP contribution in [0.4, 0.5) is 5.69 Å². The monoisotopic (exact) mass is 371 g/mol. The highest BCUT2D eigenvalue weighted by Gasteiger charge is 2.15. The maximum absolute atomic E-state index is 12.0. The summed E-state index contributed by atoms with van der Waals surface area (Å²) >= 11 is 0. The molecule has 1 heterocycles. The number of carbonyl (C=O) groups is 3. The Kier molecular flexibility index (Phi) is 6.87. The smallest absolute Gasteiger partial charge is 0.326 e. The molecule has 1 aromatic carbocycles. The van der Waals surface area contributed by atoms with Gasteiger partial charge in [0, 0.05) is 25.0 Å². The summed E-state index contributed by atoms with van der Waals surface area (Å²) in [5.41, 5.74) is 1.36. The van der Waals surface area contributed by atoms with Gasteiger partial charge in [0.1, 0.15) is 6.54 Å². The summed E-state index contributed by atoms with van der Waals surface area (Å²) in [5.74, 6) is -1.60. The first-order valence-electron chi connectivity index (χ1n) is 8.27. The standard InChI is InChI=1S/C19H21N3O5/c1-14-6-8-15(9-7-14)20-16(23)11-21(2)18(25)13-27-19(26)12-22-10-4-3-5-17(22)24/h3-10H,11-13H2,1-2H3,(H,20,23). The molecule has 1 N–H and O–H groups in total. The molecule has 27 heavy (non-hydrogen) atoms. The second-order valence-corrected chi connectivity index (χ2v) is 5.99. The van der Waals surface area contributed by atoms with Gasteiger partial charge < -0.3 is 19.5 Å². The molecule has 2 amide bonds. The lowest BCUT2D eigenvalue weighted by molar-refractivity contribution is -0.152. The van der Waals surface area contributed by atoms with E-state index in [1.54, 1.807) is 24.3 Å². The number of hydrogen-bond acceptors (Lipinski definition) is 5. The van der Waals surface area contributed by atoms with Gasteiger partial charge in [0.05, 0.1) is 6.54 Å². The second-order valence-electron chi connectivity index (χ2n) is 5.99. The predicted molar refractivity (Wildman–Crippen MR) is 99.1 cm³/mol. The van der Waals surface area contributed by atoms with E-state index in [9.17, 15) is 19.2 Å². The normalized spacial score (nSPS) is 10.1. The number of esters is 1. The van der Waals surface area contributed by atoms with Crippen LogP contribution in [0.5, 0.6) is 0 Å². The maximum atomic E-state index is 12.0. The number of nitrogens with one attached hydrogen (secondary N) is 1. The molecular weight excluding hydrogens is 350 g/mol. The third-order valence-corrected chi connectivity index (χ3v) is 3.70. The summed E-state index contributed by atoms with van der Waals surface area (Å²) in [6.45, 7) is 0.967. The lowest BCUT2D eigenvalue weighted by Crippen LogP contribution is -2.37. The number of amides is 2. The van der Waals surface area contributed by atoms with E-state index in [1.807, 2.05) is 19.1 Å². The minimum absolute atomic E-state index is 0.178. The van der Waals surface area contributed by atoms with E-state index in [2.05, 4.69) is 5.32 Å². The Balaban J connectivity index is 1.76. The van der Waals surface area contributed by atoms with Gasteiger partial charge in [-0.25, -0.2) is 0 Å². The van der Waals surface area contributed by atoms with Gasteiger partial charge >= 0.3 is 5.97 Å². The molecule has 0 bridgehead atoms. The van der Waals surface area contributed by atoms with Crippen molar-refractivity contribution in [3.8, 4) is 0 Å². The topological polar surface area (TPSA) is 97.7 Å². The highest BCUT2D eigenvalue weighted by atomic mass is 16.5. The van der Waals surface area contributed by atoms with Crippen LogP contribution in [0.2, 0.25) is 0 Å². The fourth-order valence-corrected chi connectivity index (χ4v) is 2.17. The van der Waals surface area contributed by atoms with Crippen molar-refractivity contribution in [2.24, 2.45) is 0 Å². The number of ether oxygens (including phenoxy) is 1. The van der Waals surface area contributed by atoms with Crippen molar-refractivity contribution < 1.29 is 19.1 Å². The van der Waals surface area contributed by atoms with E-state index in [4.69, 9.17) is 4.74 Å². The van der Waals surface area contributed by atoms with Gasteiger partial charge in [-0.2, -0.15) is 0 Å². The van der Waals surface area contributed by atoms with Crippen molar-refractivity contribution >= 4 is 23.5 Å². The number of pyridine rings is 1. The van der Waals surface area contributed by atoms with Gasteiger partial charge in [0.25, 0.3) is 11.5 Å². The zero-order valence-corrected chi connectivity index (χ0v) is 15.2.